The van der Waals surface area contributed by atoms with E-state index in [0.29, 0.717) is 18.2 Å². The van der Waals surface area contributed by atoms with Crippen LogP contribution in [0.4, 0.5) is 0 Å². The van der Waals surface area contributed by atoms with E-state index in [2.05, 4.69) is 24.1 Å². The molecule has 1 heterocycles. The van der Waals surface area contributed by atoms with E-state index >= 15 is 0 Å². The molecule has 4 nitrogen and oxygen atoms in total. The maximum absolute atomic E-state index is 5.92. The van der Waals surface area contributed by atoms with Gasteiger partial charge < -0.3 is 14.8 Å². The van der Waals surface area contributed by atoms with Gasteiger partial charge in [-0.3, -0.25) is 4.90 Å². The second-order valence-corrected chi connectivity index (χ2v) is 6.32. The van der Waals surface area contributed by atoms with Crippen molar-refractivity contribution in [2.75, 3.05) is 39.4 Å². The molecule has 1 aliphatic carbocycles. The van der Waals surface area contributed by atoms with E-state index in [1.165, 1.54) is 25.7 Å². The lowest BCUT2D eigenvalue weighted by atomic mass is 9.90. The van der Waals surface area contributed by atoms with E-state index in [1.807, 2.05) is 0 Å². The molecule has 2 unspecified atom stereocenters. The summed E-state index contributed by atoms with van der Waals surface area (Å²) in [6.45, 7) is 10.4. The molecule has 1 saturated heterocycles. The lowest BCUT2D eigenvalue weighted by Crippen LogP contribution is -2.54. The highest BCUT2D eigenvalue weighted by Crippen LogP contribution is 2.27. The smallest absolute Gasteiger partial charge is 0.0730 e. The molecule has 20 heavy (non-hydrogen) atoms. The molecule has 1 aliphatic heterocycles. The first-order valence-electron chi connectivity index (χ1n) is 8.45. The van der Waals surface area contributed by atoms with E-state index in [0.717, 1.165) is 45.8 Å². The van der Waals surface area contributed by atoms with Crippen molar-refractivity contribution in [1.29, 1.82) is 0 Å². The Labute approximate surface area is 124 Å². The third-order valence-electron chi connectivity index (χ3n) is 4.37. The molecule has 0 aromatic heterocycles. The van der Waals surface area contributed by atoms with Gasteiger partial charge in [-0.15, -0.1) is 0 Å². The van der Waals surface area contributed by atoms with Crippen LogP contribution in [-0.2, 0) is 9.47 Å². The van der Waals surface area contributed by atoms with Gasteiger partial charge in [-0.25, -0.2) is 0 Å². The second-order valence-electron chi connectivity index (χ2n) is 6.32. The van der Waals surface area contributed by atoms with Crippen LogP contribution in [0.2, 0.25) is 0 Å². The summed E-state index contributed by atoms with van der Waals surface area (Å²) in [7, 11) is 0. The monoisotopic (exact) mass is 284 g/mol. The number of hydrogen-bond donors (Lipinski definition) is 1. The second kappa shape index (κ2) is 8.98. The van der Waals surface area contributed by atoms with Gasteiger partial charge in [0.25, 0.3) is 0 Å². The fourth-order valence-corrected chi connectivity index (χ4v) is 3.32. The van der Waals surface area contributed by atoms with Crippen LogP contribution in [0, 0.1) is 0 Å². The van der Waals surface area contributed by atoms with Crippen LogP contribution in [0.25, 0.3) is 0 Å². The van der Waals surface area contributed by atoms with Gasteiger partial charge in [0.2, 0.25) is 0 Å². The fourth-order valence-electron chi connectivity index (χ4n) is 3.32. The van der Waals surface area contributed by atoms with Crippen LogP contribution in [-0.4, -0.2) is 62.5 Å². The maximum atomic E-state index is 5.92. The van der Waals surface area contributed by atoms with E-state index in [-0.39, 0.29) is 0 Å². The Morgan fingerprint density at radius 3 is 2.95 bits per heavy atom. The maximum Gasteiger partial charge on any atom is 0.0730 e. The van der Waals surface area contributed by atoms with Gasteiger partial charge in [-0.1, -0.05) is 12.8 Å². The van der Waals surface area contributed by atoms with Crippen LogP contribution in [0.1, 0.15) is 46.0 Å². The lowest BCUT2D eigenvalue weighted by Gasteiger charge is -2.43. The van der Waals surface area contributed by atoms with E-state index in [9.17, 15) is 0 Å². The van der Waals surface area contributed by atoms with Gasteiger partial charge in [0.1, 0.15) is 0 Å². The first kappa shape index (κ1) is 16.2. The summed E-state index contributed by atoms with van der Waals surface area (Å²) in [6, 6.07) is 0.684. The average molecular weight is 284 g/mol. The van der Waals surface area contributed by atoms with E-state index in [4.69, 9.17) is 9.47 Å². The highest BCUT2D eigenvalue weighted by atomic mass is 16.5. The number of morpholine rings is 1. The Bertz CT molecular complexity index is 259. The van der Waals surface area contributed by atoms with Gasteiger partial charge >= 0.3 is 0 Å². The Balaban J connectivity index is 1.54. The number of nitrogens with one attached hydrogen (secondary N) is 1. The highest BCUT2D eigenvalue weighted by Gasteiger charge is 2.33. The van der Waals surface area contributed by atoms with Crippen molar-refractivity contribution in [2.45, 2.75) is 64.2 Å². The van der Waals surface area contributed by atoms with Gasteiger partial charge in [0.15, 0.2) is 0 Å². The fraction of sp³-hybridized carbons (Fsp3) is 1.00. The third kappa shape index (κ3) is 5.32. The topological polar surface area (TPSA) is 33.7 Å². The molecule has 0 aromatic rings. The first-order valence-corrected chi connectivity index (χ1v) is 8.45. The van der Waals surface area contributed by atoms with Crippen LogP contribution < -0.4 is 5.32 Å². The summed E-state index contributed by atoms with van der Waals surface area (Å²) in [6.07, 6.45) is 7.29. The average Bonchev–Trinajstić information content (AvgIpc) is 2.46. The zero-order valence-electron chi connectivity index (χ0n) is 13.3. The molecule has 2 atom stereocenters. The summed E-state index contributed by atoms with van der Waals surface area (Å²) >= 11 is 0. The number of nitrogens with zero attached hydrogens (tertiary/aromatic N) is 1. The Kier molecular flexibility index (Phi) is 7.28. The molecule has 0 spiro atoms. The molecule has 1 saturated carbocycles. The quantitative estimate of drug-likeness (QED) is 0.692. The molecule has 2 aliphatic rings. The SMILES string of the molecule is CC(C)OCCCNCCN1CCOC2CCCCC21. The van der Waals surface area contributed by atoms with Crippen LogP contribution in [0.5, 0.6) is 0 Å². The molecule has 1 N–H and O–H groups in total. The standard InChI is InChI=1S/C16H32N2O2/c1-14(2)19-12-5-8-17-9-10-18-11-13-20-16-7-4-3-6-15(16)18/h14-17H,3-13H2,1-2H3. The number of rotatable bonds is 8. The normalized spacial score (nSPS) is 27.8. The molecule has 4 heteroatoms. The van der Waals surface area contributed by atoms with Crippen molar-refractivity contribution < 1.29 is 9.47 Å². The molecule has 0 bridgehead atoms. The Morgan fingerprint density at radius 2 is 2.10 bits per heavy atom. The Morgan fingerprint density at radius 1 is 1.25 bits per heavy atom. The van der Waals surface area contributed by atoms with Crippen LogP contribution in [0.3, 0.4) is 0 Å². The number of ether oxygens (including phenoxy) is 2. The largest absolute Gasteiger partial charge is 0.379 e. The molecule has 0 aromatic carbocycles. The molecule has 2 fully saturated rings. The van der Waals surface area contributed by atoms with Crippen molar-refractivity contribution in [3.05, 3.63) is 0 Å². The Hall–Kier alpha value is -0.160. The minimum atomic E-state index is 0.353. The van der Waals surface area contributed by atoms with Crippen LogP contribution in [0.15, 0.2) is 0 Å². The molecular weight excluding hydrogens is 252 g/mol. The molecule has 0 radical (unpaired) electrons. The summed E-state index contributed by atoms with van der Waals surface area (Å²) in [5.41, 5.74) is 0. The predicted octanol–water partition coefficient (Wildman–Crippen LogP) is 2.03. The minimum absolute atomic E-state index is 0.353. The van der Waals surface area contributed by atoms with Crippen molar-refractivity contribution in [1.82, 2.24) is 10.2 Å². The van der Waals surface area contributed by atoms with Crippen molar-refractivity contribution in [3.8, 4) is 0 Å². The summed E-state index contributed by atoms with van der Waals surface area (Å²) < 4.78 is 11.5. The van der Waals surface area contributed by atoms with Gasteiger partial charge in [-0.2, -0.15) is 0 Å². The van der Waals surface area contributed by atoms with E-state index in [1.54, 1.807) is 0 Å². The molecule has 2 rings (SSSR count). The summed E-state index contributed by atoms with van der Waals surface area (Å²) in [5, 5.41) is 3.54. The van der Waals surface area contributed by atoms with Crippen molar-refractivity contribution in [2.24, 2.45) is 0 Å². The van der Waals surface area contributed by atoms with Crippen molar-refractivity contribution >= 4 is 0 Å². The minimum Gasteiger partial charge on any atom is -0.379 e. The van der Waals surface area contributed by atoms with Gasteiger partial charge in [0, 0.05) is 32.3 Å². The highest BCUT2D eigenvalue weighted by molar-refractivity contribution is 4.87. The zero-order valence-corrected chi connectivity index (χ0v) is 13.3. The third-order valence-corrected chi connectivity index (χ3v) is 4.37. The van der Waals surface area contributed by atoms with Gasteiger partial charge in [-0.05, 0) is 39.7 Å². The van der Waals surface area contributed by atoms with Gasteiger partial charge in [0.05, 0.1) is 18.8 Å². The zero-order chi connectivity index (χ0) is 14.2. The number of hydrogen-bond acceptors (Lipinski definition) is 4. The predicted molar refractivity (Wildman–Crippen MR) is 82.1 cm³/mol. The molecule has 118 valence electrons. The van der Waals surface area contributed by atoms with Crippen molar-refractivity contribution in [3.63, 3.8) is 0 Å². The molecular formula is C16H32N2O2. The number of fused-ring (bicyclic) bond motifs is 1. The first-order chi connectivity index (χ1) is 9.77. The summed E-state index contributed by atoms with van der Waals surface area (Å²) in [5.74, 6) is 0. The lowest BCUT2D eigenvalue weighted by molar-refractivity contribution is -0.0873. The summed E-state index contributed by atoms with van der Waals surface area (Å²) in [4.78, 5) is 2.64. The molecule has 0 amide bonds. The van der Waals surface area contributed by atoms with E-state index < -0.39 is 0 Å². The van der Waals surface area contributed by atoms with Crippen LogP contribution >= 0.6 is 0 Å².